The number of hydrogen-bond donors (Lipinski definition) is 0. The molecular formula is C7H11O4Rh+3. The van der Waals surface area contributed by atoms with Crippen LogP contribution in [0.2, 0.25) is 0 Å². The first-order chi connectivity index (χ1) is 5.13. The Labute approximate surface area is 84.2 Å². The van der Waals surface area contributed by atoms with Crippen LogP contribution < -0.4 is 0 Å². The van der Waals surface area contributed by atoms with Gasteiger partial charge in [-0.3, -0.25) is 9.59 Å². The minimum Gasteiger partial charge on any atom is 0 e. The summed E-state index contributed by atoms with van der Waals surface area (Å²) in [6.45, 7) is 10.9. The minimum atomic E-state index is 0. The third kappa shape index (κ3) is 59.1. The summed E-state index contributed by atoms with van der Waals surface area (Å²) in [4.78, 5) is 24.7. The zero-order valence-corrected chi connectivity index (χ0v) is 8.47. The summed E-state index contributed by atoms with van der Waals surface area (Å²) < 4.78 is 7.50. The third-order valence-corrected chi connectivity index (χ3v) is 0.512. The molecule has 0 atom stereocenters. The fraction of sp³-hybridized carbons (Fsp3) is 0.429. The summed E-state index contributed by atoms with van der Waals surface area (Å²) in [5.74, 6) is 0.500. The summed E-state index contributed by atoms with van der Waals surface area (Å²) in [5.41, 5.74) is 0. The van der Waals surface area contributed by atoms with E-state index < -0.39 is 0 Å². The molecule has 2 N–H and O–H groups in total. The molecule has 0 bridgehead atoms. The van der Waals surface area contributed by atoms with Gasteiger partial charge in [-0.05, 0) is 0 Å². The topological polar surface area (TPSA) is 79.8 Å². The van der Waals surface area contributed by atoms with Crippen molar-refractivity contribution in [2.75, 3.05) is 0 Å². The van der Waals surface area contributed by atoms with Gasteiger partial charge in [-0.25, -0.2) is 0 Å². The predicted molar refractivity (Wildman–Crippen MR) is 40.5 cm³/mol. The SMILES string of the molecule is CC(=[OH+])CC(C)=[OH+].[C-]#[O+].[CH+]=O.[Rh]. The van der Waals surface area contributed by atoms with E-state index in [0.29, 0.717) is 6.42 Å². The van der Waals surface area contributed by atoms with Gasteiger partial charge in [0.05, 0.1) is 0 Å². The van der Waals surface area contributed by atoms with Gasteiger partial charge in [0.1, 0.15) is 0 Å². The molecule has 12 heavy (non-hydrogen) atoms. The Morgan fingerprint density at radius 1 is 1.25 bits per heavy atom. The Hall–Kier alpha value is -0.717. The van der Waals surface area contributed by atoms with E-state index >= 15 is 0 Å². The van der Waals surface area contributed by atoms with Crippen LogP contribution in [0, 0.1) is 6.65 Å². The molecule has 5 heteroatoms. The maximum absolute atomic E-state index is 8.46. The molecule has 0 aromatic heterocycles. The van der Waals surface area contributed by atoms with Crippen LogP contribution in [0.1, 0.15) is 20.3 Å². The molecule has 4 nitrogen and oxygen atoms in total. The van der Waals surface area contributed by atoms with Crippen LogP contribution in [-0.2, 0) is 28.9 Å². The van der Waals surface area contributed by atoms with Crippen molar-refractivity contribution in [3.63, 3.8) is 0 Å². The fourth-order valence-corrected chi connectivity index (χ4v) is 0.370. The molecule has 0 aliphatic carbocycles. The molecule has 0 fully saturated rings. The molecule has 69 valence electrons. The van der Waals surface area contributed by atoms with Gasteiger partial charge in [-0.15, -0.1) is 0 Å². The van der Waals surface area contributed by atoms with Gasteiger partial charge in [0.15, 0.2) is 6.42 Å². The van der Waals surface area contributed by atoms with Gasteiger partial charge in [0.2, 0.25) is 0 Å². The van der Waals surface area contributed by atoms with Gasteiger partial charge in [0.25, 0.3) is 0 Å². The Balaban J connectivity index is -0.0000000560. The van der Waals surface area contributed by atoms with Crippen molar-refractivity contribution in [1.82, 2.24) is 0 Å². The standard InChI is InChI=1S/C5H8O2.CHO.CO.Rh/c1-4(6)3-5(2)7;2*1-2;/h3H2,1-2H3;1H;;/q;+1;;/p+2. The first-order valence-electron chi connectivity index (χ1n) is 2.59. The first kappa shape index (κ1) is 22.5. The Morgan fingerprint density at radius 3 is 1.42 bits per heavy atom. The van der Waals surface area contributed by atoms with Crippen molar-refractivity contribution in [3.8, 4) is 0 Å². The average Bonchev–Trinajstić information content (AvgIpc) is 1.93. The number of hydrogen-bond acceptors (Lipinski definition) is 1. The summed E-state index contributed by atoms with van der Waals surface area (Å²) in [6, 6.07) is 0. The second-order valence-corrected chi connectivity index (χ2v) is 1.65. The van der Waals surface area contributed by atoms with Gasteiger partial charge in [-0.1, -0.05) is 0 Å². The van der Waals surface area contributed by atoms with E-state index in [1.54, 1.807) is 13.8 Å². The van der Waals surface area contributed by atoms with E-state index in [2.05, 4.69) is 13.4 Å². The molecule has 0 aliphatic heterocycles. The van der Waals surface area contributed by atoms with E-state index in [1.807, 2.05) is 0 Å². The van der Waals surface area contributed by atoms with Crippen molar-refractivity contribution in [2.45, 2.75) is 20.3 Å². The van der Waals surface area contributed by atoms with E-state index in [9.17, 15) is 0 Å². The molecule has 0 rings (SSSR count). The molecule has 0 saturated heterocycles. The quantitative estimate of drug-likeness (QED) is 0.230. The molecule has 0 amide bonds. The summed E-state index contributed by atoms with van der Waals surface area (Å²) in [6.07, 6.45) is 0.306. The molecule has 0 heterocycles. The van der Waals surface area contributed by atoms with E-state index in [1.165, 1.54) is 0 Å². The van der Waals surface area contributed by atoms with E-state index in [-0.39, 0.29) is 31.0 Å². The molecule has 0 aromatic rings. The van der Waals surface area contributed by atoms with Crippen LogP contribution in [0.4, 0.5) is 0 Å². The molecule has 1 radical (unpaired) electrons. The summed E-state index contributed by atoms with van der Waals surface area (Å²) in [5, 5.41) is 0. The van der Waals surface area contributed by atoms with Crippen LogP contribution >= 0.6 is 0 Å². The molecule has 0 spiro atoms. The first-order valence-corrected chi connectivity index (χ1v) is 2.59. The number of ketones is 2. The zero-order chi connectivity index (χ0) is 9.86. The third-order valence-electron chi connectivity index (χ3n) is 0.512. The van der Waals surface area contributed by atoms with Crippen molar-refractivity contribution >= 4 is 18.4 Å². The molecule has 0 saturated carbocycles. The maximum Gasteiger partial charge on any atom is 0.490 e. The van der Waals surface area contributed by atoms with Gasteiger partial charge in [-0.2, -0.15) is 0 Å². The molecule has 0 unspecified atom stereocenters. The van der Waals surface area contributed by atoms with Crippen molar-refractivity contribution in [3.05, 3.63) is 6.65 Å². The van der Waals surface area contributed by atoms with Crippen LogP contribution in [0.25, 0.3) is 0 Å². The maximum atomic E-state index is 8.46. The fourth-order valence-electron chi connectivity index (χ4n) is 0.370. The van der Waals surface area contributed by atoms with Crippen LogP contribution in [0.5, 0.6) is 0 Å². The Kier molecular flexibility index (Phi) is 42.1. The van der Waals surface area contributed by atoms with Crippen LogP contribution in [0.15, 0.2) is 0 Å². The second kappa shape index (κ2) is 22.4. The minimum absolute atomic E-state index is 0. The zero-order valence-electron chi connectivity index (χ0n) is 6.83. The van der Waals surface area contributed by atoms with E-state index in [0.717, 1.165) is 0 Å². The number of rotatable bonds is 2. The molecule has 0 aromatic carbocycles. The van der Waals surface area contributed by atoms with Gasteiger partial charge >= 0.3 is 29.7 Å². The van der Waals surface area contributed by atoms with Gasteiger partial charge < -0.3 is 0 Å². The smallest absolute Gasteiger partial charge is 0 e. The van der Waals surface area contributed by atoms with Crippen molar-refractivity contribution in [2.24, 2.45) is 0 Å². The molecule has 0 aliphatic rings. The van der Waals surface area contributed by atoms with Crippen LogP contribution in [0.3, 0.4) is 0 Å². The largest absolute Gasteiger partial charge is 0.490 e. The predicted octanol–water partition coefficient (Wildman–Crippen LogP) is 0.192. The second-order valence-electron chi connectivity index (χ2n) is 1.65. The van der Waals surface area contributed by atoms with E-state index in [4.69, 9.17) is 19.0 Å². The molecular weight excluding hydrogens is 251 g/mol. The van der Waals surface area contributed by atoms with Crippen molar-refractivity contribution in [1.29, 1.82) is 0 Å². The number of carbonyl (C=O) groups excluding carboxylic acids is 3. The van der Waals surface area contributed by atoms with Crippen molar-refractivity contribution < 1.29 is 38.5 Å². The summed E-state index contributed by atoms with van der Waals surface area (Å²) in [7, 11) is 0. The average molecular weight is 262 g/mol. The summed E-state index contributed by atoms with van der Waals surface area (Å²) >= 11 is 0. The normalized spacial score (nSPS) is 5.25. The Morgan fingerprint density at radius 2 is 1.42 bits per heavy atom. The monoisotopic (exact) mass is 262 g/mol. The van der Waals surface area contributed by atoms with Gasteiger partial charge in [0, 0.05) is 38.1 Å². The Bertz CT molecular complexity index is 130. The van der Waals surface area contributed by atoms with Crippen LogP contribution in [-0.4, -0.2) is 27.9 Å².